The van der Waals surface area contributed by atoms with Crippen LogP contribution in [0.3, 0.4) is 0 Å². The molecule has 4 nitrogen and oxygen atoms in total. The number of carbonyl (C=O) groups excluding carboxylic acids is 1. The van der Waals surface area contributed by atoms with Crippen molar-refractivity contribution in [2.75, 3.05) is 11.9 Å². The van der Waals surface area contributed by atoms with Crippen molar-refractivity contribution >= 4 is 11.6 Å². The summed E-state index contributed by atoms with van der Waals surface area (Å²) in [7, 11) is 1.65. The second kappa shape index (κ2) is 4.59. The third kappa shape index (κ3) is 2.01. The second-order valence-electron chi connectivity index (χ2n) is 4.85. The first-order valence-corrected chi connectivity index (χ1v) is 6.29. The molecular weight excluding hydrogens is 259 g/mol. The number of amides is 1. The summed E-state index contributed by atoms with van der Waals surface area (Å²) in [5, 5.41) is 9.44. The average Bonchev–Trinajstić information content (AvgIpc) is 2.43. The van der Waals surface area contributed by atoms with Crippen molar-refractivity contribution in [1.82, 2.24) is 4.98 Å². The Hall–Kier alpha value is -2.43. The molecule has 1 aliphatic rings. The van der Waals surface area contributed by atoms with Crippen LogP contribution in [0.1, 0.15) is 12.0 Å². The molecule has 0 spiro atoms. The molecule has 20 heavy (non-hydrogen) atoms. The van der Waals surface area contributed by atoms with Gasteiger partial charge in [-0.15, -0.1) is 0 Å². The van der Waals surface area contributed by atoms with Gasteiger partial charge in [-0.2, -0.15) is 0 Å². The first kappa shape index (κ1) is 12.6. The third-order valence-corrected chi connectivity index (χ3v) is 3.55. The molecule has 0 aliphatic carbocycles. The van der Waals surface area contributed by atoms with Crippen molar-refractivity contribution in [3.05, 3.63) is 42.0 Å². The highest BCUT2D eigenvalue weighted by Gasteiger charge is 2.23. The molecule has 0 saturated carbocycles. The Labute approximate surface area is 115 Å². The molecule has 0 radical (unpaired) electrons. The van der Waals surface area contributed by atoms with E-state index in [0.29, 0.717) is 29.7 Å². The lowest BCUT2D eigenvalue weighted by Crippen LogP contribution is -2.31. The van der Waals surface area contributed by atoms with Crippen LogP contribution in [0.2, 0.25) is 0 Å². The minimum Gasteiger partial charge on any atom is -0.506 e. The number of aromatic nitrogens is 1. The lowest BCUT2D eigenvalue weighted by Gasteiger charge is -2.26. The fraction of sp³-hybridized carbons (Fsp3) is 0.200. The Balaban J connectivity index is 2.13. The summed E-state index contributed by atoms with van der Waals surface area (Å²) in [6, 6.07) is 4.56. The van der Waals surface area contributed by atoms with Crippen LogP contribution in [0.25, 0.3) is 11.1 Å². The highest BCUT2D eigenvalue weighted by atomic mass is 19.1. The molecule has 1 aromatic heterocycles. The Morgan fingerprint density at radius 2 is 2.05 bits per heavy atom. The van der Waals surface area contributed by atoms with Crippen LogP contribution in [0.15, 0.2) is 30.6 Å². The van der Waals surface area contributed by atoms with E-state index in [2.05, 4.69) is 4.98 Å². The molecule has 0 unspecified atom stereocenters. The zero-order chi connectivity index (χ0) is 14.3. The van der Waals surface area contributed by atoms with Gasteiger partial charge in [-0.1, -0.05) is 0 Å². The van der Waals surface area contributed by atoms with E-state index in [1.807, 2.05) is 0 Å². The van der Waals surface area contributed by atoms with Gasteiger partial charge in [0.2, 0.25) is 5.91 Å². The van der Waals surface area contributed by atoms with E-state index < -0.39 is 5.82 Å². The number of benzene rings is 1. The van der Waals surface area contributed by atoms with Gasteiger partial charge in [0.1, 0.15) is 11.6 Å². The lowest BCUT2D eigenvalue weighted by atomic mass is 9.96. The van der Waals surface area contributed by atoms with E-state index in [4.69, 9.17) is 0 Å². The number of rotatable bonds is 1. The topological polar surface area (TPSA) is 53.4 Å². The Morgan fingerprint density at radius 3 is 2.80 bits per heavy atom. The molecule has 1 amide bonds. The predicted octanol–water partition coefficient (Wildman–Crippen LogP) is 2.50. The number of hydrogen-bond donors (Lipinski definition) is 1. The number of aryl methyl sites for hydroxylation is 1. The number of pyridine rings is 1. The monoisotopic (exact) mass is 272 g/mol. The van der Waals surface area contributed by atoms with Crippen molar-refractivity contribution in [1.29, 1.82) is 0 Å². The van der Waals surface area contributed by atoms with Crippen molar-refractivity contribution < 1.29 is 14.3 Å². The molecule has 0 fully saturated rings. The summed E-state index contributed by atoms with van der Waals surface area (Å²) in [5.41, 5.74) is 2.43. The third-order valence-electron chi connectivity index (χ3n) is 3.55. The molecule has 0 saturated heterocycles. The van der Waals surface area contributed by atoms with Crippen LogP contribution < -0.4 is 4.90 Å². The van der Waals surface area contributed by atoms with Crippen molar-refractivity contribution in [3.63, 3.8) is 0 Å². The number of hydrogen-bond acceptors (Lipinski definition) is 3. The van der Waals surface area contributed by atoms with Gasteiger partial charge in [-0.25, -0.2) is 4.39 Å². The van der Waals surface area contributed by atoms with Crippen LogP contribution in [0, 0.1) is 5.82 Å². The molecule has 3 rings (SSSR count). The summed E-state index contributed by atoms with van der Waals surface area (Å²) in [6.07, 6.45) is 3.82. The fourth-order valence-electron chi connectivity index (χ4n) is 2.46. The van der Waals surface area contributed by atoms with E-state index in [9.17, 15) is 14.3 Å². The largest absolute Gasteiger partial charge is 0.506 e. The number of nitrogens with zero attached hydrogens (tertiary/aromatic N) is 2. The summed E-state index contributed by atoms with van der Waals surface area (Å²) in [4.78, 5) is 17.0. The minimum atomic E-state index is -0.433. The van der Waals surface area contributed by atoms with Gasteiger partial charge in [-0.3, -0.25) is 9.78 Å². The van der Waals surface area contributed by atoms with E-state index >= 15 is 0 Å². The van der Waals surface area contributed by atoms with Crippen LogP contribution in [-0.4, -0.2) is 23.0 Å². The van der Waals surface area contributed by atoms with E-state index in [0.717, 1.165) is 5.56 Å². The Morgan fingerprint density at radius 1 is 1.25 bits per heavy atom. The summed E-state index contributed by atoms with van der Waals surface area (Å²) in [6.45, 7) is 0. The molecule has 1 aromatic carbocycles. The van der Waals surface area contributed by atoms with Crippen molar-refractivity contribution in [3.8, 4) is 16.9 Å². The Bertz CT molecular complexity index is 700. The quantitative estimate of drug-likeness (QED) is 0.867. The summed E-state index contributed by atoms with van der Waals surface area (Å²) >= 11 is 0. The molecule has 0 bridgehead atoms. The minimum absolute atomic E-state index is 0.00748. The predicted molar refractivity (Wildman–Crippen MR) is 73.0 cm³/mol. The van der Waals surface area contributed by atoms with Crippen molar-refractivity contribution in [2.24, 2.45) is 0 Å². The van der Waals surface area contributed by atoms with Crippen LogP contribution >= 0.6 is 0 Å². The standard InChI is InChI=1S/C15H13FN2O2/c1-18-14-6-13(16)12(5-9(14)2-3-15(18)20)10-4-11(19)8-17-7-10/h4-8,19H,2-3H2,1H3. The van der Waals surface area contributed by atoms with Crippen LogP contribution in [0.5, 0.6) is 5.75 Å². The van der Waals surface area contributed by atoms with Crippen molar-refractivity contribution in [2.45, 2.75) is 12.8 Å². The normalized spacial score (nSPS) is 14.3. The highest BCUT2D eigenvalue weighted by Crippen LogP contribution is 2.34. The molecule has 2 aromatic rings. The van der Waals surface area contributed by atoms with E-state index in [1.165, 1.54) is 29.4 Å². The molecule has 102 valence electrons. The van der Waals surface area contributed by atoms with Gasteiger partial charge in [0.05, 0.1) is 6.20 Å². The smallest absolute Gasteiger partial charge is 0.227 e. The summed E-state index contributed by atoms with van der Waals surface area (Å²) < 4.78 is 14.2. The van der Waals surface area contributed by atoms with Gasteiger partial charge < -0.3 is 10.0 Å². The maximum atomic E-state index is 14.2. The fourth-order valence-corrected chi connectivity index (χ4v) is 2.46. The number of aromatic hydroxyl groups is 1. The molecule has 1 aliphatic heterocycles. The molecular formula is C15H13FN2O2. The molecule has 1 N–H and O–H groups in total. The zero-order valence-corrected chi connectivity index (χ0v) is 10.9. The SMILES string of the molecule is CN1C(=O)CCc2cc(-c3cncc(O)c3)c(F)cc21. The van der Waals surface area contributed by atoms with Gasteiger partial charge in [0.15, 0.2) is 0 Å². The van der Waals surface area contributed by atoms with Crippen LogP contribution in [0.4, 0.5) is 10.1 Å². The molecule has 2 heterocycles. The maximum Gasteiger partial charge on any atom is 0.227 e. The summed E-state index contributed by atoms with van der Waals surface area (Å²) in [5.74, 6) is -0.451. The van der Waals surface area contributed by atoms with Gasteiger partial charge in [0, 0.05) is 36.5 Å². The zero-order valence-electron chi connectivity index (χ0n) is 10.9. The number of anilines is 1. The number of halogens is 1. The Kier molecular flexibility index (Phi) is 2.89. The first-order valence-electron chi connectivity index (χ1n) is 6.29. The van der Waals surface area contributed by atoms with Gasteiger partial charge >= 0.3 is 0 Å². The lowest BCUT2D eigenvalue weighted by molar-refractivity contribution is -0.118. The number of carbonyl (C=O) groups is 1. The van der Waals surface area contributed by atoms with Gasteiger partial charge in [0.25, 0.3) is 0 Å². The molecule has 0 atom stereocenters. The van der Waals surface area contributed by atoms with Gasteiger partial charge in [-0.05, 0) is 30.2 Å². The van der Waals surface area contributed by atoms with Crippen LogP contribution in [-0.2, 0) is 11.2 Å². The van der Waals surface area contributed by atoms with E-state index in [1.54, 1.807) is 13.1 Å². The first-order chi connectivity index (χ1) is 9.56. The second-order valence-corrected chi connectivity index (χ2v) is 4.85. The highest BCUT2D eigenvalue weighted by molar-refractivity contribution is 5.96. The van der Waals surface area contributed by atoms with E-state index in [-0.39, 0.29) is 11.7 Å². The average molecular weight is 272 g/mol. The number of fused-ring (bicyclic) bond motifs is 1. The molecule has 5 heteroatoms. The maximum absolute atomic E-state index is 14.2.